The van der Waals surface area contributed by atoms with E-state index in [2.05, 4.69) is 0 Å². The normalized spacial score (nSPS) is 11.7. The molecule has 1 atom stereocenters. The number of hydrogen-bond acceptors (Lipinski definition) is 4. The number of hydroxylamine groups is 1. The number of carbonyl (C=O) groups excluding carboxylic acids is 1. The summed E-state index contributed by atoms with van der Waals surface area (Å²) in [4.78, 5) is 12.9. The molecule has 0 bridgehead atoms. The largest absolute Gasteiger partial charge is 0.497 e. The second-order valence-electron chi connectivity index (χ2n) is 4.85. The predicted octanol–water partition coefficient (Wildman–Crippen LogP) is 3.15. The summed E-state index contributed by atoms with van der Waals surface area (Å²) in [6, 6.07) is 17.5. The highest BCUT2D eigenvalue weighted by molar-refractivity contribution is 7.99. The number of benzene rings is 2. The van der Waals surface area contributed by atoms with Gasteiger partial charge in [-0.1, -0.05) is 30.3 Å². The highest BCUT2D eigenvalue weighted by Gasteiger charge is 2.19. The molecule has 0 radical (unpaired) electrons. The van der Waals surface area contributed by atoms with E-state index in [4.69, 9.17) is 9.94 Å². The molecule has 0 heterocycles. The van der Waals surface area contributed by atoms with E-state index in [0.717, 1.165) is 16.2 Å². The standard InChI is InChI=1S/C17H19NO3S/c1-21-15-7-9-16(10-8-15)22-12-14(17(19)18-20)11-13-5-3-2-4-6-13/h2-10,14,20H,11-12H2,1H3,(H,18,19). The number of amides is 1. The molecule has 0 aromatic heterocycles. The summed E-state index contributed by atoms with van der Waals surface area (Å²) >= 11 is 1.58. The van der Waals surface area contributed by atoms with Crippen LogP contribution >= 0.6 is 11.8 Å². The molecule has 2 N–H and O–H groups in total. The van der Waals surface area contributed by atoms with Crippen molar-refractivity contribution in [3.63, 3.8) is 0 Å². The van der Waals surface area contributed by atoms with Crippen LogP contribution in [0.25, 0.3) is 0 Å². The zero-order chi connectivity index (χ0) is 15.8. The number of thioether (sulfide) groups is 1. The van der Waals surface area contributed by atoms with Gasteiger partial charge < -0.3 is 4.74 Å². The Kier molecular flexibility index (Phi) is 6.30. The Balaban J connectivity index is 1.98. The molecule has 0 saturated heterocycles. The minimum absolute atomic E-state index is 0.292. The van der Waals surface area contributed by atoms with Gasteiger partial charge in [-0.25, -0.2) is 5.48 Å². The van der Waals surface area contributed by atoms with Gasteiger partial charge in [0.2, 0.25) is 5.91 Å². The van der Waals surface area contributed by atoms with Crippen LogP contribution in [0, 0.1) is 5.92 Å². The SMILES string of the molecule is COc1ccc(SCC(Cc2ccccc2)C(=O)NO)cc1. The Morgan fingerprint density at radius 2 is 1.86 bits per heavy atom. The zero-order valence-electron chi connectivity index (χ0n) is 12.4. The van der Waals surface area contributed by atoms with E-state index in [9.17, 15) is 4.79 Å². The monoisotopic (exact) mass is 317 g/mol. The van der Waals surface area contributed by atoms with Crippen LogP contribution in [-0.2, 0) is 11.2 Å². The van der Waals surface area contributed by atoms with Crippen LogP contribution in [0.15, 0.2) is 59.5 Å². The van der Waals surface area contributed by atoms with E-state index in [-0.39, 0.29) is 11.8 Å². The van der Waals surface area contributed by atoms with Crippen LogP contribution in [-0.4, -0.2) is 24.0 Å². The van der Waals surface area contributed by atoms with E-state index >= 15 is 0 Å². The van der Waals surface area contributed by atoms with Gasteiger partial charge >= 0.3 is 0 Å². The van der Waals surface area contributed by atoms with Gasteiger partial charge in [0.05, 0.1) is 13.0 Å². The second-order valence-corrected chi connectivity index (χ2v) is 5.94. The van der Waals surface area contributed by atoms with E-state index in [0.29, 0.717) is 12.2 Å². The van der Waals surface area contributed by atoms with Crippen molar-refractivity contribution in [1.82, 2.24) is 5.48 Å². The number of nitrogens with one attached hydrogen (secondary N) is 1. The molecule has 0 spiro atoms. The molecule has 2 aromatic carbocycles. The van der Waals surface area contributed by atoms with Crippen LogP contribution in [0.1, 0.15) is 5.56 Å². The fourth-order valence-electron chi connectivity index (χ4n) is 2.09. The average Bonchev–Trinajstić information content (AvgIpc) is 2.59. The number of rotatable bonds is 7. The van der Waals surface area contributed by atoms with Gasteiger partial charge in [0.1, 0.15) is 5.75 Å². The van der Waals surface area contributed by atoms with Gasteiger partial charge in [0.25, 0.3) is 0 Å². The molecule has 5 heteroatoms. The summed E-state index contributed by atoms with van der Waals surface area (Å²) < 4.78 is 5.12. The second kappa shape index (κ2) is 8.46. The Morgan fingerprint density at radius 3 is 2.45 bits per heavy atom. The maximum absolute atomic E-state index is 11.8. The summed E-state index contributed by atoms with van der Waals surface area (Å²) in [5.41, 5.74) is 2.84. The molecular formula is C17H19NO3S. The van der Waals surface area contributed by atoms with Gasteiger partial charge in [-0.2, -0.15) is 0 Å². The van der Waals surface area contributed by atoms with Crippen molar-refractivity contribution < 1.29 is 14.7 Å². The molecular weight excluding hydrogens is 298 g/mol. The van der Waals surface area contributed by atoms with Crippen molar-refractivity contribution in [2.24, 2.45) is 5.92 Å². The van der Waals surface area contributed by atoms with Crippen molar-refractivity contribution in [2.45, 2.75) is 11.3 Å². The molecule has 0 fully saturated rings. The van der Waals surface area contributed by atoms with Crippen LogP contribution in [0.5, 0.6) is 5.75 Å². The first-order valence-corrected chi connectivity index (χ1v) is 7.96. The number of ether oxygens (including phenoxy) is 1. The Hall–Kier alpha value is -1.98. The van der Waals surface area contributed by atoms with Crippen molar-refractivity contribution in [3.05, 3.63) is 60.2 Å². The quantitative estimate of drug-likeness (QED) is 0.468. The maximum Gasteiger partial charge on any atom is 0.247 e. The number of methoxy groups -OCH3 is 1. The van der Waals surface area contributed by atoms with Crippen LogP contribution in [0.3, 0.4) is 0 Å². The van der Waals surface area contributed by atoms with E-state index < -0.39 is 0 Å². The lowest BCUT2D eigenvalue weighted by atomic mass is 10.0. The summed E-state index contributed by atoms with van der Waals surface area (Å²) in [7, 11) is 1.63. The molecule has 0 aliphatic heterocycles. The van der Waals surface area contributed by atoms with Gasteiger partial charge in [-0.15, -0.1) is 11.8 Å². The third kappa shape index (κ3) is 4.79. The minimum Gasteiger partial charge on any atom is -0.497 e. The Bertz CT molecular complexity index is 587. The van der Waals surface area contributed by atoms with E-state index in [1.165, 1.54) is 0 Å². The average molecular weight is 317 g/mol. The first-order chi connectivity index (χ1) is 10.7. The maximum atomic E-state index is 11.8. The summed E-state index contributed by atoms with van der Waals surface area (Å²) in [6.45, 7) is 0. The van der Waals surface area contributed by atoms with Gasteiger partial charge in [0.15, 0.2) is 0 Å². The summed E-state index contributed by atoms with van der Waals surface area (Å²) in [6.07, 6.45) is 0.594. The first-order valence-electron chi connectivity index (χ1n) is 6.97. The van der Waals surface area contributed by atoms with Gasteiger partial charge in [-0.3, -0.25) is 10.0 Å². The molecule has 116 valence electrons. The number of carbonyl (C=O) groups is 1. The topological polar surface area (TPSA) is 58.6 Å². The molecule has 0 aliphatic rings. The Labute approximate surface area is 134 Å². The lowest BCUT2D eigenvalue weighted by Gasteiger charge is -2.14. The fraction of sp³-hybridized carbons (Fsp3) is 0.235. The van der Waals surface area contributed by atoms with E-state index in [1.54, 1.807) is 24.4 Å². The molecule has 22 heavy (non-hydrogen) atoms. The molecule has 0 saturated carbocycles. The Morgan fingerprint density at radius 1 is 1.18 bits per heavy atom. The van der Waals surface area contributed by atoms with Crippen molar-refractivity contribution in [2.75, 3.05) is 12.9 Å². The zero-order valence-corrected chi connectivity index (χ0v) is 13.2. The number of hydrogen-bond donors (Lipinski definition) is 2. The summed E-state index contributed by atoms with van der Waals surface area (Å²) in [5.74, 6) is 0.746. The van der Waals surface area contributed by atoms with Crippen LogP contribution in [0.2, 0.25) is 0 Å². The van der Waals surface area contributed by atoms with Crippen LogP contribution < -0.4 is 10.2 Å². The van der Waals surface area contributed by atoms with E-state index in [1.807, 2.05) is 54.6 Å². The highest BCUT2D eigenvalue weighted by atomic mass is 32.2. The predicted molar refractivity (Wildman–Crippen MR) is 87.3 cm³/mol. The van der Waals surface area contributed by atoms with Crippen molar-refractivity contribution in [3.8, 4) is 5.75 Å². The first kappa shape index (κ1) is 16.4. The van der Waals surface area contributed by atoms with Crippen molar-refractivity contribution in [1.29, 1.82) is 0 Å². The molecule has 1 amide bonds. The third-order valence-corrected chi connectivity index (χ3v) is 4.49. The molecule has 2 aromatic rings. The lowest BCUT2D eigenvalue weighted by Crippen LogP contribution is -2.31. The lowest BCUT2D eigenvalue weighted by molar-refractivity contribution is -0.132. The molecule has 2 rings (SSSR count). The van der Waals surface area contributed by atoms with Crippen molar-refractivity contribution >= 4 is 17.7 Å². The van der Waals surface area contributed by atoms with Gasteiger partial charge in [0, 0.05) is 10.6 Å². The molecule has 1 unspecified atom stereocenters. The minimum atomic E-state index is -0.357. The van der Waals surface area contributed by atoms with Crippen LogP contribution in [0.4, 0.5) is 0 Å². The molecule has 0 aliphatic carbocycles. The van der Waals surface area contributed by atoms with Gasteiger partial charge in [-0.05, 0) is 36.2 Å². The fourth-order valence-corrected chi connectivity index (χ4v) is 3.08. The summed E-state index contributed by atoms with van der Waals surface area (Å²) in [5, 5.41) is 8.92. The molecule has 4 nitrogen and oxygen atoms in total. The highest BCUT2D eigenvalue weighted by Crippen LogP contribution is 2.25. The third-order valence-electron chi connectivity index (χ3n) is 3.32. The smallest absolute Gasteiger partial charge is 0.247 e.